The Kier molecular flexibility index (Phi) is 11.2. The molecule has 174 valence electrons. The van der Waals surface area contributed by atoms with Crippen molar-refractivity contribution in [2.45, 2.75) is 31.0 Å². The summed E-state index contributed by atoms with van der Waals surface area (Å²) in [7, 11) is 0. The van der Waals surface area contributed by atoms with Gasteiger partial charge in [0, 0.05) is 31.0 Å². The minimum Gasteiger partial charge on any atom is -0.480 e. The molecule has 0 fully saturated rings. The number of rotatable bonds is 14. The summed E-state index contributed by atoms with van der Waals surface area (Å²) in [6, 6.07) is 11.8. The van der Waals surface area contributed by atoms with Crippen LogP contribution in [0.25, 0.3) is 0 Å². The molecule has 32 heavy (non-hydrogen) atoms. The Morgan fingerprint density at radius 3 is 2.66 bits per heavy atom. The highest BCUT2D eigenvalue weighted by atomic mass is 32.2. The van der Waals surface area contributed by atoms with Crippen LogP contribution in [0, 0.1) is 0 Å². The zero-order chi connectivity index (χ0) is 23.3. The molecule has 0 aliphatic carbocycles. The molecule has 0 spiro atoms. The molecule has 0 bridgehead atoms. The van der Waals surface area contributed by atoms with Gasteiger partial charge < -0.3 is 26.2 Å². The predicted molar refractivity (Wildman–Crippen MR) is 132 cm³/mol. The van der Waals surface area contributed by atoms with E-state index in [4.69, 9.17) is 10.5 Å². The molecule has 1 aromatic carbocycles. The lowest BCUT2D eigenvalue weighted by atomic mass is 10.1. The number of thioether (sulfide) groups is 1. The van der Waals surface area contributed by atoms with Crippen LogP contribution in [-0.4, -0.2) is 64.5 Å². The number of nitrogens with two attached hydrogens (primary N) is 1. The van der Waals surface area contributed by atoms with E-state index >= 15 is 0 Å². The molecule has 0 radical (unpaired) electrons. The zero-order valence-electron chi connectivity index (χ0n) is 17.9. The molecule has 0 saturated heterocycles. The van der Waals surface area contributed by atoms with Crippen molar-refractivity contribution in [3.8, 4) is 5.88 Å². The fourth-order valence-electron chi connectivity index (χ4n) is 2.83. The number of aromatic nitrogens is 1. The molecule has 0 aliphatic heterocycles. The van der Waals surface area contributed by atoms with E-state index in [0.717, 1.165) is 5.56 Å². The number of thiol groups is 1. The van der Waals surface area contributed by atoms with Crippen LogP contribution in [0.4, 0.5) is 5.69 Å². The number of ether oxygens (including phenoxy) is 1. The molecule has 3 atom stereocenters. The first-order valence-corrected chi connectivity index (χ1v) is 12.2. The molecule has 8 nitrogen and oxygen atoms in total. The summed E-state index contributed by atoms with van der Waals surface area (Å²) in [5, 5.41) is 15.3. The SMILES string of the molecule is CSCCC(NC(=O)[C@H](Cc1ccccc1)Oc1ncccc1NCC(N)CS)C(=O)O. The normalized spacial score (nSPS) is 13.6. The average molecular weight is 479 g/mol. The van der Waals surface area contributed by atoms with Gasteiger partial charge >= 0.3 is 5.97 Å². The molecular weight excluding hydrogens is 448 g/mol. The van der Waals surface area contributed by atoms with E-state index in [-0.39, 0.29) is 18.3 Å². The van der Waals surface area contributed by atoms with Crippen LogP contribution in [0.5, 0.6) is 5.88 Å². The van der Waals surface area contributed by atoms with Crippen LogP contribution in [0.2, 0.25) is 0 Å². The summed E-state index contributed by atoms with van der Waals surface area (Å²) in [4.78, 5) is 28.9. The third kappa shape index (κ3) is 8.60. The number of hydrogen-bond donors (Lipinski definition) is 5. The summed E-state index contributed by atoms with van der Waals surface area (Å²) < 4.78 is 6.02. The summed E-state index contributed by atoms with van der Waals surface area (Å²) in [6.07, 6.45) is 3.06. The largest absolute Gasteiger partial charge is 0.480 e. The lowest BCUT2D eigenvalue weighted by Gasteiger charge is -2.22. The number of nitrogens with zero attached hydrogens (tertiary/aromatic N) is 1. The second-order valence-electron chi connectivity index (χ2n) is 7.16. The van der Waals surface area contributed by atoms with Crippen LogP contribution in [0.15, 0.2) is 48.7 Å². The standard InChI is InChI=1S/C22H30N4O4S2/c1-32-11-9-18(22(28)29)26-20(27)19(12-15-6-3-2-4-7-15)30-21-17(8-5-10-24-21)25-13-16(23)14-31/h2-8,10,16,18-19,25,31H,9,11-14,23H2,1H3,(H,26,27)(H,28,29)/t16?,18?,19-/m0/s1. The van der Waals surface area contributed by atoms with Crippen LogP contribution in [0.1, 0.15) is 12.0 Å². The van der Waals surface area contributed by atoms with Gasteiger partial charge in [0.1, 0.15) is 6.04 Å². The van der Waals surface area contributed by atoms with Gasteiger partial charge in [0.2, 0.25) is 5.88 Å². The Bertz CT molecular complexity index is 857. The van der Waals surface area contributed by atoms with E-state index in [1.54, 1.807) is 18.3 Å². The Balaban J connectivity index is 2.22. The molecule has 1 amide bonds. The summed E-state index contributed by atoms with van der Waals surface area (Å²) in [5.41, 5.74) is 7.40. The third-order valence-corrected chi connectivity index (χ3v) is 5.71. The van der Waals surface area contributed by atoms with Gasteiger partial charge in [-0.25, -0.2) is 9.78 Å². The number of nitrogens with one attached hydrogen (secondary N) is 2. The van der Waals surface area contributed by atoms with Crippen molar-refractivity contribution in [2.24, 2.45) is 5.73 Å². The van der Waals surface area contributed by atoms with E-state index < -0.39 is 24.0 Å². The van der Waals surface area contributed by atoms with Crippen LogP contribution >= 0.6 is 24.4 Å². The number of anilines is 1. The van der Waals surface area contributed by atoms with Gasteiger partial charge in [0.05, 0.1) is 5.69 Å². The number of hydrogen-bond acceptors (Lipinski definition) is 8. The van der Waals surface area contributed by atoms with E-state index in [2.05, 4.69) is 28.2 Å². The van der Waals surface area contributed by atoms with E-state index in [0.29, 0.717) is 30.2 Å². The number of carbonyl (C=O) groups is 2. The van der Waals surface area contributed by atoms with Gasteiger partial charge in [0.15, 0.2) is 6.10 Å². The monoisotopic (exact) mass is 478 g/mol. The highest BCUT2D eigenvalue weighted by molar-refractivity contribution is 7.98. The van der Waals surface area contributed by atoms with Gasteiger partial charge in [-0.3, -0.25) is 4.79 Å². The maximum absolute atomic E-state index is 13.1. The second-order valence-corrected chi connectivity index (χ2v) is 8.51. The lowest BCUT2D eigenvalue weighted by molar-refractivity contribution is -0.143. The number of benzene rings is 1. The lowest BCUT2D eigenvalue weighted by Crippen LogP contribution is -2.48. The summed E-state index contributed by atoms with van der Waals surface area (Å²) >= 11 is 5.70. The van der Waals surface area contributed by atoms with Gasteiger partial charge in [-0.1, -0.05) is 30.3 Å². The van der Waals surface area contributed by atoms with Crippen molar-refractivity contribution in [3.63, 3.8) is 0 Å². The van der Waals surface area contributed by atoms with Crippen LogP contribution < -0.4 is 21.1 Å². The Hall–Kier alpha value is -2.43. The number of aliphatic carboxylic acids is 1. The number of carboxylic acids is 1. The highest BCUT2D eigenvalue weighted by Crippen LogP contribution is 2.23. The molecule has 2 aromatic rings. The second kappa shape index (κ2) is 13.9. The smallest absolute Gasteiger partial charge is 0.326 e. The Labute approximate surface area is 198 Å². The third-order valence-electron chi connectivity index (χ3n) is 4.60. The molecule has 1 heterocycles. The Morgan fingerprint density at radius 2 is 2.00 bits per heavy atom. The quantitative estimate of drug-likeness (QED) is 0.261. The first-order valence-electron chi connectivity index (χ1n) is 10.2. The molecule has 2 rings (SSSR count). The van der Waals surface area contributed by atoms with Gasteiger partial charge in [-0.15, -0.1) is 0 Å². The molecule has 2 unspecified atom stereocenters. The van der Waals surface area contributed by atoms with Gasteiger partial charge in [-0.05, 0) is 36.1 Å². The predicted octanol–water partition coefficient (Wildman–Crippen LogP) is 2.06. The number of amides is 1. The van der Waals surface area contributed by atoms with Crippen molar-refractivity contribution >= 4 is 42.0 Å². The average Bonchev–Trinajstić information content (AvgIpc) is 2.80. The first kappa shape index (κ1) is 25.8. The highest BCUT2D eigenvalue weighted by Gasteiger charge is 2.28. The zero-order valence-corrected chi connectivity index (χ0v) is 19.6. The number of pyridine rings is 1. The van der Waals surface area contributed by atoms with Crippen LogP contribution in [-0.2, 0) is 16.0 Å². The van der Waals surface area contributed by atoms with E-state index in [1.807, 2.05) is 36.6 Å². The minimum atomic E-state index is -1.08. The molecule has 0 saturated carbocycles. The fourth-order valence-corrected chi connectivity index (χ4v) is 3.43. The minimum absolute atomic E-state index is 0.164. The molecular formula is C22H30N4O4S2. The number of carbonyl (C=O) groups excluding carboxylic acids is 1. The van der Waals surface area contributed by atoms with E-state index in [9.17, 15) is 14.7 Å². The summed E-state index contributed by atoms with van der Waals surface area (Å²) in [6.45, 7) is 0.455. The van der Waals surface area contributed by atoms with Crippen molar-refractivity contribution in [3.05, 3.63) is 54.2 Å². The van der Waals surface area contributed by atoms with Crippen molar-refractivity contribution in [1.82, 2.24) is 10.3 Å². The topological polar surface area (TPSA) is 127 Å². The molecule has 0 aliphatic rings. The van der Waals surface area contributed by atoms with Gasteiger partial charge in [-0.2, -0.15) is 24.4 Å². The maximum Gasteiger partial charge on any atom is 0.326 e. The summed E-state index contributed by atoms with van der Waals surface area (Å²) in [5.74, 6) is -0.222. The Morgan fingerprint density at radius 1 is 1.25 bits per heavy atom. The molecule has 5 N–H and O–H groups in total. The molecule has 1 aromatic heterocycles. The van der Waals surface area contributed by atoms with E-state index in [1.165, 1.54) is 11.8 Å². The van der Waals surface area contributed by atoms with Crippen molar-refractivity contribution in [1.29, 1.82) is 0 Å². The van der Waals surface area contributed by atoms with Gasteiger partial charge in [0.25, 0.3) is 5.91 Å². The maximum atomic E-state index is 13.1. The van der Waals surface area contributed by atoms with Crippen LogP contribution in [0.3, 0.4) is 0 Å². The number of carboxylic acid groups (broad SMARTS) is 1. The first-order chi connectivity index (χ1) is 15.4. The fraction of sp³-hybridized carbons (Fsp3) is 0.409. The molecule has 10 heteroatoms. The van der Waals surface area contributed by atoms with Crippen molar-refractivity contribution in [2.75, 3.05) is 29.6 Å². The van der Waals surface area contributed by atoms with Crippen molar-refractivity contribution < 1.29 is 19.4 Å².